The Labute approximate surface area is 248 Å². The summed E-state index contributed by atoms with van der Waals surface area (Å²) in [5, 5.41) is 0. The monoisotopic (exact) mass is 617 g/mol. The van der Waals surface area contributed by atoms with E-state index in [1.165, 1.54) is 36.4 Å². The highest BCUT2D eigenvalue weighted by molar-refractivity contribution is 6.06. The molecule has 0 aliphatic heterocycles. The third-order valence-electron chi connectivity index (χ3n) is 7.91. The van der Waals surface area contributed by atoms with E-state index in [1.807, 2.05) is 0 Å². The number of hydrogen-bond donors (Lipinski definition) is 0. The molecule has 0 spiro atoms. The van der Waals surface area contributed by atoms with Gasteiger partial charge in [0.2, 0.25) is 0 Å². The van der Waals surface area contributed by atoms with Crippen LogP contribution in [0.4, 0.5) is 35.1 Å². The zero-order valence-corrected chi connectivity index (χ0v) is 23.7. The lowest BCUT2D eigenvalue weighted by molar-refractivity contribution is -0.138. The molecule has 44 heavy (non-hydrogen) atoms. The highest BCUT2D eigenvalue weighted by Crippen LogP contribution is 2.45. The van der Waals surface area contributed by atoms with Crippen LogP contribution in [0.1, 0.15) is 81.9 Å². The summed E-state index contributed by atoms with van der Waals surface area (Å²) in [6, 6.07) is 13.3. The molecule has 1 heterocycles. The van der Waals surface area contributed by atoms with Crippen LogP contribution < -0.4 is 0 Å². The number of fused-ring (bicyclic) bond motifs is 1. The van der Waals surface area contributed by atoms with Crippen LogP contribution in [0, 0.1) is 11.7 Å². The quantitative estimate of drug-likeness (QED) is 0.202. The molecule has 0 fully saturated rings. The Hall–Kier alpha value is -4.08. The molecule has 0 radical (unpaired) electrons. The number of nitrogens with zero attached hydrogens (tertiary/aromatic N) is 1. The maximum atomic E-state index is 16.6. The number of carbonyl (C=O) groups excluding carboxylic acids is 1. The molecule has 0 bridgehead atoms. The first-order valence-corrected chi connectivity index (χ1v) is 14.0. The van der Waals surface area contributed by atoms with Crippen molar-refractivity contribution in [1.29, 1.82) is 0 Å². The second-order valence-corrected chi connectivity index (χ2v) is 11.2. The van der Waals surface area contributed by atoms with Crippen LogP contribution in [-0.4, -0.2) is 10.8 Å². The topological polar surface area (TPSA) is 30.0 Å². The molecule has 3 aromatic carbocycles. The average Bonchev–Trinajstić information content (AvgIpc) is 2.97. The average molecular weight is 618 g/mol. The second-order valence-electron chi connectivity index (χ2n) is 11.2. The number of ketones is 1. The van der Waals surface area contributed by atoms with Gasteiger partial charge in [0.1, 0.15) is 5.82 Å². The number of Topliss-reactive ketones (excluding diaryl/α,β-unsaturated/α-hetero) is 1. The maximum absolute atomic E-state index is 16.6. The lowest BCUT2D eigenvalue weighted by atomic mass is 9.76. The molecular weight excluding hydrogens is 590 g/mol. The van der Waals surface area contributed by atoms with Gasteiger partial charge in [-0.2, -0.15) is 26.3 Å². The Morgan fingerprint density at radius 3 is 1.86 bits per heavy atom. The Morgan fingerprint density at radius 1 is 0.795 bits per heavy atom. The first-order valence-electron chi connectivity index (χ1n) is 14.0. The van der Waals surface area contributed by atoms with E-state index in [9.17, 15) is 35.5 Å². The van der Waals surface area contributed by atoms with Crippen molar-refractivity contribution in [3.8, 4) is 11.1 Å². The molecule has 1 aliphatic rings. The van der Waals surface area contributed by atoms with E-state index in [2.05, 4.69) is 0 Å². The normalized spacial score (nSPS) is 16.2. The van der Waals surface area contributed by atoms with Gasteiger partial charge in [-0.05, 0) is 78.3 Å². The summed E-state index contributed by atoms with van der Waals surface area (Å²) in [6.45, 7) is 3.56. The SMILES string of the molecule is CC(C)c1nc2c(c(-c3ccc(F)cc3)c1C(F)c1ccc(C(F)(F)F)cc1)C(=O)C(Cc1ccc(C(F)(F)F)cc1)CC2. The van der Waals surface area contributed by atoms with Gasteiger partial charge in [-0.15, -0.1) is 0 Å². The van der Waals surface area contributed by atoms with Crippen LogP contribution in [0.25, 0.3) is 11.1 Å². The van der Waals surface area contributed by atoms with E-state index in [0.29, 0.717) is 35.4 Å². The third-order valence-corrected chi connectivity index (χ3v) is 7.91. The lowest BCUT2D eigenvalue weighted by Gasteiger charge is -2.30. The maximum Gasteiger partial charge on any atom is 0.416 e. The summed E-state index contributed by atoms with van der Waals surface area (Å²) < 4.78 is 109. The summed E-state index contributed by atoms with van der Waals surface area (Å²) in [5.41, 5.74) is 0.0941. The summed E-state index contributed by atoms with van der Waals surface area (Å²) in [4.78, 5) is 18.8. The van der Waals surface area contributed by atoms with Crippen molar-refractivity contribution in [2.45, 2.75) is 57.6 Å². The van der Waals surface area contributed by atoms with Gasteiger partial charge in [0.05, 0.1) is 22.5 Å². The standard InChI is InChI=1S/C34H27F8NO/c1-18(2)31-29(30(36)21-5-12-24(13-6-21)34(40,41)42)27(20-7-14-25(35)15-8-20)28-26(43-31)16-9-22(32(28)44)17-19-3-10-23(11-4-19)33(37,38)39/h3-8,10-15,18,22,30H,9,16-17H2,1-2H3. The van der Waals surface area contributed by atoms with Crippen LogP contribution >= 0.6 is 0 Å². The van der Waals surface area contributed by atoms with Crippen LogP contribution in [0.5, 0.6) is 0 Å². The summed E-state index contributed by atoms with van der Waals surface area (Å²) in [6.07, 6.45) is -10.3. The van der Waals surface area contributed by atoms with Gasteiger partial charge >= 0.3 is 12.4 Å². The van der Waals surface area contributed by atoms with Crippen LogP contribution in [-0.2, 0) is 25.2 Å². The molecule has 230 valence electrons. The van der Waals surface area contributed by atoms with E-state index in [4.69, 9.17) is 4.98 Å². The first-order chi connectivity index (χ1) is 20.6. The molecule has 5 rings (SSSR count). The van der Waals surface area contributed by atoms with Gasteiger partial charge in [0.25, 0.3) is 0 Å². The Balaban J connectivity index is 1.65. The molecule has 1 aliphatic carbocycles. The zero-order valence-electron chi connectivity index (χ0n) is 23.7. The number of pyridine rings is 1. The number of alkyl halides is 7. The second kappa shape index (κ2) is 11.8. The fourth-order valence-electron chi connectivity index (χ4n) is 5.69. The highest BCUT2D eigenvalue weighted by atomic mass is 19.4. The van der Waals surface area contributed by atoms with Crippen LogP contribution in [0.15, 0.2) is 72.8 Å². The third kappa shape index (κ3) is 6.25. The predicted octanol–water partition coefficient (Wildman–Crippen LogP) is 10.1. The van der Waals surface area contributed by atoms with Crippen molar-refractivity contribution in [3.05, 3.63) is 123 Å². The van der Waals surface area contributed by atoms with Gasteiger partial charge in [-0.25, -0.2) is 8.78 Å². The highest BCUT2D eigenvalue weighted by Gasteiger charge is 2.37. The summed E-state index contributed by atoms with van der Waals surface area (Å²) >= 11 is 0. The van der Waals surface area contributed by atoms with E-state index in [1.54, 1.807) is 13.8 Å². The summed E-state index contributed by atoms with van der Waals surface area (Å²) in [5.74, 6) is -1.94. The Morgan fingerprint density at radius 2 is 1.34 bits per heavy atom. The number of rotatable bonds is 6. The van der Waals surface area contributed by atoms with Crippen molar-refractivity contribution < 1.29 is 39.9 Å². The minimum Gasteiger partial charge on any atom is -0.294 e. The van der Waals surface area contributed by atoms with Crippen LogP contribution in [0.3, 0.4) is 0 Å². The molecule has 2 nitrogen and oxygen atoms in total. The van der Waals surface area contributed by atoms with Crippen LogP contribution in [0.2, 0.25) is 0 Å². The molecular formula is C34H27F8NO. The molecule has 1 aromatic heterocycles. The van der Waals surface area contributed by atoms with Crippen molar-refractivity contribution in [2.24, 2.45) is 5.92 Å². The molecule has 4 aromatic rings. The van der Waals surface area contributed by atoms with E-state index >= 15 is 4.39 Å². The number of halogens is 8. The molecule has 0 saturated heterocycles. The predicted molar refractivity (Wildman–Crippen MR) is 149 cm³/mol. The van der Waals surface area contributed by atoms with Gasteiger partial charge in [0, 0.05) is 22.6 Å². The van der Waals surface area contributed by atoms with Crippen molar-refractivity contribution in [1.82, 2.24) is 4.98 Å². The molecule has 0 amide bonds. The number of aromatic nitrogens is 1. The smallest absolute Gasteiger partial charge is 0.294 e. The van der Waals surface area contributed by atoms with E-state index < -0.39 is 41.4 Å². The zero-order chi connectivity index (χ0) is 32.0. The van der Waals surface area contributed by atoms with Gasteiger partial charge in [-0.3, -0.25) is 9.78 Å². The number of benzene rings is 3. The van der Waals surface area contributed by atoms with Gasteiger partial charge < -0.3 is 0 Å². The molecule has 0 saturated carbocycles. The molecule has 2 unspecified atom stereocenters. The largest absolute Gasteiger partial charge is 0.416 e. The number of hydrogen-bond acceptors (Lipinski definition) is 2. The number of carbonyl (C=O) groups is 1. The fraction of sp³-hybridized carbons (Fsp3) is 0.294. The van der Waals surface area contributed by atoms with E-state index in [0.717, 1.165) is 36.4 Å². The Kier molecular flexibility index (Phi) is 8.39. The fourth-order valence-corrected chi connectivity index (χ4v) is 5.69. The minimum atomic E-state index is -4.62. The molecule has 2 atom stereocenters. The molecule has 0 N–H and O–H groups in total. The molecule has 10 heteroatoms. The Bertz CT molecular complexity index is 1660. The minimum absolute atomic E-state index is 0.00801. The van der Waals surface area contributed by atoms with E-state index in [-0.39, 0.29) is 40.4 Å². The van der Waals surface area contributed by atoms with Gasteiger partial charge in [0.15, 0.2) is 12.0 Å². The summed E-state index contributed by atoms with van der Waals surface area (Å²) in [7, 11) is 0. The first kappa shape index (κ1) is 31.3. The van der Waals surface area contributed by atoms with Gasteiger partial charge in [-0.1, -0.05) is 50.2 Å². The van der Waals surface area contributed by atoms with Crippen molar-refractivity contribution in [3.63, 3.8) is 0 Å². The lowest BCUT2D eigenvalue weighted by Crippen LogP contribution is -2.28. The van der Waals surface area contributed by atoms with Crippen molar-refractivity contribution >= 4 is 5.78 Å². The number of aryl methyl sites for hydroxylation is 1. The van der Waals surface area contributed by atoms with Crippen molar-refractivity contribution in [2.75, 3.05) is 0 Å².